The van der Waals surface area contributed by atoms with Crippen molar-refractivity contribution in [2.75, 3.05) is 5.75 Å². The Kier molecular flexibility index (Phi) is 7.43. The molecule has 0 radical (unpaired) electrons. The molecule has 36 heavy (non-hydrogen) atoms. The molecule has 3 aromatic carbocycles. The molecule has 4 rings (SSSR count). The first kappa shape index (κ1) is 25.8. The second-order valence-corrected chi connectivity index (χ2v) is 11.1. The number of halogens is 3. The van der Waals surface area contributed by atoms with Crippen molar-refractivity contribution in [2.24, 2.45) is 0 Å². The summed E-state index contributed by atoms with van der Waals surface area (Å²) >= 11 is 6.10. The van der Waals surface area contributed by atoms with Gasteiger partial charge in [-0.3, -0.25) is 4.79 Å². The molecular formula is C28H24ClF2NO3S. The number of rotatable bonds is 7. The van der Waals surface area contributed by atoms with Crippen LogP contribution in [0.1, 0.15) is 34.3 Å². The maximum atomic E-state index is 14.6. The molecule has 0 unspecified atom stereocenters. The molecule has 0 bridgehead atoms. The van der Waals surface area contributed by atoms with Crippen LogP contribution in [0.3, 0.4) is 0 Å². The average molecular weight is 528 g/mol. The van der Waals surface area contributed by atoms with E-state index in [4.69, 9.17) is 11.6 Å². The van der Waals surface area contributed by atoms with E-state index in [1.165, 1.54) is 10.6 Å². The van der Waals surface area contributed by atoms with E-state index in [0.717, 1.165) is 23.8 Å². The van der Waals surface area contributed by atoms with E-state index < -0.39 is 44.1 Å². The molecule has 0 fully saturated rings. The average Bonchev–Trinajstić information content (AvgIpc) is 2.81. The number of hydrogen-bond acceptors (Lipinski definition) is 3. The molecule has 2 atom stereocenters. The third-order valence-electron chi connectivity index (χ3n) is 6.20. The molecule has 8 heteroatoms. The van der Waals surface area contributed by atoms with Crippen LogP contribution in [-0.2, 0) is 9.84 Å². The van der Waals surface area contributed by atoms with E-state index in [-0.39, 0.29) is 5.56 Å². The maximum Gasteiger partial charge on any atom is 0.251 e. The molecule has 0 N–H and O–H groups in total. The third-order valence-corrected chi connectivity index (χ3v) is 8.26. The number of sulfone groups is 1. The lowest BCUT2D eigenvalue weighted by atomic mass is 9.87. The van der Waals surface area contributed by atoms with Gasteiger partial charge >= 0.3 is 0 Å². The lowest BCUT2D eigenvalue weighted by Gasteiger charge is -2.31. The van der Waals surface area contributed by atoms with Crippen LogP contribution in [0.15, 0.2) is 94.6 Å². The fraction of sp³-hybridized carbons (Fsp3) is 0.179. The van der Waals surface area contributed by atoms with E-state index in [9.17, 15) is 22.0 Å². The number of hydrogen-bond donors (Lipinski definition) is 0. The topological polar surface area (TPSA) is 56.1 Å². The predicted octanol–water partition coefficient (Wildman–Crippen LogP) is 6.24. The van der Waals surface area contributed by atoms with Crippen LogP contribution in [-0.4, -0.2) is 18.7 Å². The Balaban J connectivity index is 1.98. The van der Waals surface area contributed by atoms with Crippen molar-refractivity contribution >= 4 is 21.4 Å². The molecule has 0 saturated carbocycles. The molecule has 0 spiro atoms. The van der Waals surface area contributed by atoms with E-state index in [1.54, 1.807) is 43.3 Å². The molecule has 4 nitrogen and oxygen atoms in total. The van der Waals surface area contributed by atoms with Gasteiger partial charge in [0.05, 0.1) is 11.8 Å². The summed E-state index contributed by atoms with van der Waals surface area (Å²) in [5.41, 5.74) is 2.51. The Morgan fingerprint density at radius 3 is 1.94 bits per heavy atom. The van der Waals surface area contributed by atoms with Crippen molar-refractivity contribution in [2.45, 2.75) is 30.7 Å². The molecule has 1 heterocycles. The zero-order chi connectivity index (χ0) is 26.0. The summed E-state index contributed by atoms with van der Waals surface area (Å²) in [4.78, 5) is 12.1. The minimum absolute atomic E-state index is 0.325. The van der Waals surface area contributed by atoms with Gasteiger partial charge in [0.2, 0.25) is 0 Å². The smallest absolute Gasteiger partial charge is 0.251 e. The second kappa shape index (κ2) is 10.4. The molecule has 1 aromatic heterocycles. The quantitative estimate of drug-likeness (QED) is 0.286. The summed E-state index contributed by atoms with van der Waals surface area (Å²) in [6.07, 6.45) is 0. The summed E-state index contributed by atoms with van der Waals surface area (Å²) in [5, 5.41) is 0.445. The van der Waals surface area contributed by atoms with Gasteiger partial charge in [-0.05, 0) is 55.3 Å². The summed E-state index contributed by atoms with van der Waals surface area (Å²) < 4.78 is 57.7. The molecule has 0 aliphatic heterocycles. The highest BCUT2D eigenvalue weighted by molar-refractivity contribution is 7.91. The van der Waals surface area contributed by atoms with E-state index in [0.29, 0.717) is 21.8 Å². The molecule has 0 saturated heterocycles. The first-order valence-electron chi connectivity index (χ1n) is 11.3. The lowest BCUT2D eigenvalue weighted by Crippen LogP contribution is -2.33. The normalized spacial score (nSPS) is 13.4. The molecule has 0 aliphatic rings. The minimum Gasteiger partial charge on any atom is -0.305 e. The molecular weight excluding hydrogens is 504 g/mol. The van der Waals surface area contributed by atoms with Crippen LogP contribution in [0.25, 0.3) is 0 Å². The van der Waals surface area contributed by atoms with Crippen molar-refractivity contribution in [3.63, 3.8) is 0 Å². The summed E-state index contributed by atoms with van der Waals surface area (Å²) in [5.74, 6) is -3.85. The highest BCUT2D eigenvalue weighted by Gasteiger charge is 2.35. The van der Waals surface area contributed by atoms with Crippen LogP contribution < -0.4 is 5.56 Å². The van der Waals surface area contributed by atoms with Gasteiger partial charge in [-0.2, -0.15) is 0 Å². The number of aromatic nitrogens is 1. The standard InChI is InChI=1S/C28H24ClF2NO3S/c1-18-9-11-21(12-10-18)27(32-19(2)5-3-8-26(32)33)23(20-13-15-22(29)16-14-20)17-36(34,35)28-24(30)6-4-7-25(28)31/h3-16,23,27H,17H2,1-2H3/t23-,27+/m1/s1. The number of pyridine rings is 1. The van der Waals surface area contributed by atoms with Crippen molar-refractivity contribution in [3.8, 4) is 0 Å². The van der Waals surface area contributed by atoms with Crippen LogP contribution in [0.2, 0.25) is 5.02 Å². The lowest BCUT2D eigenvalue weighted by molar-refractivity contribution is 0.468. The van der Waals surface area contributed by atoms with Gasteiger partial charge in [-0.1, -0.05) is 65.7 Å². The summed E-state index contributed by atoms with van der Waals surface area (Å²) in [6, 6.07) is 20.9. The van der Waals surface area contributed by atoms with Gasteiger partial charge in [0.1, 0.15) is 16.5 Å². The van der Waals surface area contributed by atoms with Crippen molar-refractivity contribution in [3.05, 3.63) is 134 Å². The minimum atomic E-state index is -4.47. The van der Waals surface area contributed by atoms with E-state index in [2.05, 4.69) is 0 Å². The Labute approximate surface area is 213 Å². The van der Waals surface area contributed by atoms with Crippen molar-refractivity contribution in [1.29, 1.82) is 0 Å². The highest BCUT2D eigenvalue weighted by Crippen LogP contribution is 2.38. The zero-order valence-corrected chi connectivity index (χ0v) is 21.2. The first-order valence-corrected chi connectivity index (χ1v) is 13.3. The fourth-order valence-corrected chi connectivity index (χ4v) is 6.33. The zero-order valence-electron chi connectivity index (χ0n) is 19.7. The Morgan fingerprint density at radius 1 is 0.806 bits per heavy atom. The molecule has 4 aromatic rings. The number of nitrogens with zero attached hydrogens (tertiary/aromatic N) is 1. The fourth-order valence-electron chi connectivity index (χ4n) is 4.46. The first-order chi connectivity index (χ1) is 17.1. The molecule has 186 valence electrons. The molecule has 0 aliphatic carbocycles. The highest BCUT2D eigenvalue weighted by atomic mass is 35.5. The SMILES string of the molecule is Cc1ccc([C@@H]([C@H](CS(=O)(=O)c2c(F)cccc2F)c2ccc(Cl)cc2)n2c(C)cccc2=O)cc1. The Bertz CT molecular complexity index is 1530. The molecule has 0 amide bonds. The van der Waals surface area contributed by atoms with Gasteiger partial charge in [0.25, 0.3) is 5.56 Å². The van der Waals surface area contributed by atoms with Crippen molar-refractivity contribution in [1.82, 2.24) is 4.57 Å². The monoisotopic (exact) mass is 527 g/mol. The summed E-state index contributed by atoms with van der Waals surface area (Å²) in [7, 11) is -4.47. The number of aryl methyl sites for hydroxylation is 2. The van der Waals surface area contributed by atoms with Crippen LogP contribution in [0.4, 0.5) is 8.78 Å². The van der Waals surface area contributed by atoms with Gasteiger partial charge in [-0.15, -0.1) is 0 Å². The Morgan fingerprint density at radius 2 is 1.36 bits per heavy atom. The van der Waals surface area contributed by atoms with Crippen LogP contribution in [0.5, 0.6) is 0 Å². The largest absolute Gasteiger partial charge is 0.305 e. The summed E-state index contributed by atoms with van der Waals surface area (Å²) in [6.45, 7) is 3.67. The number of benzene rings is 3. The van der Waals surface area contributed by atoms with Crippen LogP contribution >= 0.6 is 11.6 Å². The van der Waals surface area contributed by atoms with Crippen molar-refractivity contribution < 1.29 is 17.2 Å². The van der Waals surface area contributed by atoms with Gasteiger partial charge in [0, 0.05) is 22.7 Å². The van der Waals surface area contributed by atoms with E-state index >= 15 is 0 Å². The predicted molar refractivity (Wildman–Crippen MR) is 137 cm³/mol. The van der Waals surface area contributed by atoms with Gasteiger partial charge in [0.15, 0.2) is 9.84 Å². The van der Waals surface area contributed by atoms with E-state index in [1.807, 2.05) is 31.2 Å². The Hall–Kier alpha value is -3.29. The van der Waals surface area contributed by atoms with Crippen LogP contribution in [0, 0.1) is 25.5 Å². The second-order valence-electron chi connectivity index (χ2n) is 8.72. The third kappa shape index (κ3) is 5.27. The van der Waals surface area contributed by atoms with Gasteiger partial charge in [-0.25, -0.2) is 17.2 Å². The maximum absolute atomic E-state index is 14.6. The van der Waals surface area contributed by atoms with Gasteiger partial charge < -0.3 is 4.57 Å².